The van der Waals surface area contributed by atoms with Crippen LogP contribution < -0.4 is 10.6 Å². The van der Waals surface area contributed by atoms with E-state index >= 15 is 0 Å². The first kappa shape index (κ1) is 22.5. The first-order valence-electron chi connectivity index (χ1n) is 9.63. The zero-order chi connectivity index (χ0) is 17.7. The Morgan fingerprint density at radius 2 is 1.84 bits per heavy atom. The highest BCUT2D eigenvalue weighted by Gasteiger charge is 2.43. The van der Waals surface area contributed by atoms with Gasteiger partial charge < -0.3 is 15.5 Å². The van der Waals surface area contributed by atoms with E-state index in [1.54, 1.807) is 0 Å². The summed E-state index contributed by atoms with van der Waals surface area (Å²) >= 11 is 0. The molecule has 1 amide bonds. The summed E-state index contributed by atoms with van der Waals surface area (Å²) < 4.78 is 0. The molecule has 0 aliphatic heterocycles. The zero-order valence-corrected chi connectivity index (χ0v) is 18.9. The van der Waals surface area contributed by atoms with Crippen LogP contribution in [0.5, 0.6) is 0 Å². The van der Waals surface area contributed by atoms with Gasteiger partial charge in [-0.15, -0.1) is 24.0 Å². The zero-order valence-electron chi connectivity index (χ0n) is 16.6. The Kier molecular flexibility index (Phi) is 8.98. The Labute approximate surface area is 170 Å². The summed E-state index contributed by atoms with van der Waals surface area (Å²) in [6, 6.07) is 0.548. The standard InChI is InChI=1S/C19H36N4O.HI/c1-6-20-18(23(5)13-17(24)22-19(2,3)4)21-16-12-15(16)14-10-8-7-9-11-14;/h14-16H,6-13H2,1-5H3,(H,20,21)(H,22,24);1H. The molecule has 0 aromatic carbocycles. The minimum absolute atomic E-state index is 0. The lowest BCUT2D eigenvalue weighted by Crippen LogP contribution is -2.49. The number of guanidine groups is 1. The van der Waals surface area contributed by atoms with Gasteiger partial charge in [0.05, 0.1) is 6.54 Å². The summed E-state index contributed by atoms with van der Waals surface area (Å²) in [4.78, 5) is 18.7. The van der Waals surface area contributed by atoms with Gasteiger partial charge in [0.2, 0.25) is 5.91 Å². The summed E-state index contributed by atoms with van der Waals surface area (Å²) in [7, 11) is 1.95. The molecule has 2 aliphatic carbocycles. The molecule has 2 aliphatic rings. The van der Waals surface area contributed by atoms with Crippen molar-refractivity contribution >= 4 is 35.8 Å². The van der Waals surface area contributed by atoms with Crippen LogP contribution in [0.15, 0.2) is 4.99 Å². The van der Waals surface area contributed by atoms with Gasteiger partial charge in [0.25, 0.3) is 0 Å². The van der Waals surface area contributed by atoms with Crippen molar-refractivity contribution in [3.8, 4) is 0 Å². The van der Waals surface area contributed by atoms with E-state index in [-0.39, 0.29) is 35.4 Å². The van der Waals surface area contributed by atoms with E-state index in [9.17, 15) is 4.79 Å². The topological polar surface area (TPSA) is 56.7 Å². The van der Waals surface area contributed by atoms with E-state index in [1.165, 1.54) is 38.5 Å². The highest BCUT2D eigenvalue weighted by atomic mass is 127. The molecule has 5 nitrogen and oxygen atoms in total. The molecule has 146 valence electrons. The van der Waals surface area contributed by atoms with Crippen LogP contribution in [0, 0.1) is 11.8 Å². The molecule has 0 radical (unpaired) electrons. The predicted octanol–water partition coefficient (Wildman–Crippen LogP) is 3.39. The molecule has 2 unspecified atom stereocenters. The molecule has 2 fully saturated rings. The number of nitrogens with zero attached hydrogens (tertiary/aromatic N) is 2. The average Bonchev–Trinajstić information content (AvgIpc) is 3.25. The summed E-state index contributed by atoms with van der Waals surface area (Å²) in [5.74, 6) is 2.61. The second-order valence-electron chi connectivity index (χ2n) is 8.50. The predicted molar refractivity (Wildman–Crippen MR) is 116 cm³/mol. The average molecular weight is 464 g/mol. The minimum atomic E-state index is -0.198. The van der Waals surface area contributed by atoms with Gasteiger partial charge in [-0.1, -0.05) is 32.1 Å². The Balaban J connectivity index is 0.00000312. The molecule has 0 aromatic heterocycles. The number of nitrogens with one attached hydrogen (secondary N) is 2. The van der Waals surface area contributed by atoms with Gasteiger partial charge in [0.1, 0.15) is 0 Å². The number of likely N-dealkylation sites (N-methyl/N-ethyl adjacent to an activating group) is 1. The third-order valence-corrected chi connectivity index (χ3v) is 4.97. The SMILES string of the molecule is CCN=C(NC1CC1C1CCCCC1)N(C)CC(=O)NC(C)(C)C.I. The molecule has 0 aromatic rings. The van der Waals surface area contributed by atoms with Crippen molar-refractivity contribution in [2.24, 2.45) is 16.8 Å². The van der Waals surface area contributed by atoms with Gasteiger partial charge in [-0.3, -0.25) is 9.79 Å². The van der Waals surface area contributed by atoms with Crippen molar-refractivity contribution in [3.05, 3.63) is 0 Å². The fourth-order valence-electron chi connectivity index (χ4n) is 3.80. The fourth-order valence-corrected chi connectivity index (χ4v) is 3.80. The number of halogens is 1. The second kappa shape index (κ2) is 9.97. The molecular weight excluding hydrogens is 427 g/mol. The minimum Gasteiger partial charge on any atom is -0.353 e. The van der Waals surface area contributed by atoms with Crippen molar-refractivity contribution in [2.75, 3.05) is 20.1 Å². The Morgan fingerprint density at radius 1 is 1.20 bits per heavy atom. The van der Waals surface area contributed by atoms with Gasteiger partial charge in [-0.25, -0.2) is 0 Å². The van der Waals surface area contributed by atoms with Gasteiger partial charge >= 0.3 is 0 Å². The highest BCUT2D eigenvalue weighted by Crippen LogP contribution is 2.44. The van der Waals surface area contributed by atoms with Gasteiger partial charge in [-0.05, 0) is 46.0 Å². The number of rotatable bonds is 5. The van der Waals surface area contributed by atoms with E-state index < -0.39 is 0 Å². The van der Waals surface area contributed by atoms with E-state index in [0.717, 1.165) is 24.3 Å². The van der Waals surface area contributed by atoms with E-state index in [4.69, 9.17) is 0 Å². The molecule has 2 rings (SSSR count). The molecule has 6 heteroatoms. The van der Waals surface area contributed by atoms with Crippen molar-refractivity contribution in [3.63, 3.8) is 0 Å². The van der Waals surface area contributed by atoms with Crippen molar-refractivity contribution < 1.29 is 4.79 Å². The van der Waals surface area contributed by atoms with Gasteiger partial charge in [0, 0.05) is 25.2 Å². The van der Waals surface area contributed by atoms with Crippen LogP contribution >= 0.6 is 24.0 Å². The van der Waals surface area contributed by atoms with Crippen molar-refractivity contribution in [2.45, 2.75) is 77.8 Å². The number of hydrogen-bond acceptors (Lipinski definition) is 2. The maximum Gasteiger partial charge on any atom is 0.240 e. The molecule has 2 atom stereocenters. The fraction of sp³-hybridized carbons (Fsp3) is 0.895. The summed E-state index contributed by atoms with van der Waals surface area (Å²) in [5.41, 5.74) is -0.198. The lowest BCUT2D eigenvalue weighted by Gasteiger charge is -2.26. The lowest BCUT2D eigenvalue weighted by molar-refractivity contribution is -0.122. The molecular formula is C19H37IN4O. The third kappa shape index (κ3) is 7.71. The normalized spacial score (nSPS) is 24.3. The largest absolute Gasteiger partial charge is 0.353 e. The van der Waals surface area contributed by atoms with E-state index in [1.807, 2.05) is 39.6 Å². The molecule has 0 saturated heterocycles. The van der Waals surface area contributed by atoms with E-state index in [0.29, 0.717) is 12.6 Å². The number of carbonyl (C=O) groups excluding carboxylic acids is 1. The number of hydrogen-bond donors (Lipinski definition) is 2. The first-order chi connectivity index (χ1) is 11.3. The quantitative estimate of drug-likeness (QED) is 0.373. The van der Waals surface area contributed by atoms with Crippen LogP contribution in [-0.4, -0.2) is 48.5 Å². The van der Waals surface area contributed by atoms with Crippen molar-refractivity contribution in [1.82, 2.24) is 15.5 Å². The summed E-state index contributed by atoms with van der Waals surface area (Å²) in [6.07, 6.45) is 8.26. The number of carbonyl (C=O) groups is 1. The van der Waals surface area contributed by atoms with Crippen LogP contribution in [0.2, 0.25) is 0 Å². The smallest absolute Gasteiger partial charge is 0.240 e. The van der Waals surface area contributed by atoms with Gasteiger partial charge in [-0.2, -0.15) is 0 Å². The Hall–Kier alpha value is -0.530. The lowest BCUT2D eigenvalue weighted by atomic mass is 9.85. The summed E-state index contributed by atoms with van der Waals surface area (Å²) in [5, 5.41) is 6.62. The second-order valence-corrected chi connectivity index (χ2v) is 8.50. The maximum atomic E-state index is 12.2. The number of amides is 1. The van der Waals surface area contributed by atoms with Crippen LogP contribution in [0.25, 0.3) is 0 Å². The first-order valence-corrected chi connectivity index (χ1v) is 9.63. The third-order valence-electron chi connectivity index (χ3n) is 4.97. The maximum absolute atomic E-state index is 12.2. The van der Waals surface area contributed by atoms with Crippen LogP contribution in [0.3, 0.4) is 0 Å². The number of aliphatic imine (C=N–C) groups is 1. The van der Waals surface area contributed by atoms with Crippen LogP contribution in [0.4, 0.5) is 0 Å². The Bertz CT molecular complexity index is 455. The van der Waals surface area contributed by atoms with Crippen molar-refractivity contribution in [1.29, 1.82) is 0 Å². The van der Waals surface area contributed by atoms with Gasteiger partial charge in [0.15, 0.2) is 5.96 Å². The van der Waals surface area contributed by atoms with Crippen LogP contribution in [-0.2, 0) is 4.79 Å². The molecule has 0 spiro atoms. The van der Waals surface area contributed by atoms with E-state index in [2.05, 4.69) is 15.6 Å². The molecule has 25 heavy (non-hydrogen) atoms. The molecule has 2 saturated carbocycles. The molecule has 2 N–H and O–H groups in total. The summed E-state index contributed by atoms with van der Waals surface area (Å²) in [6.45, 7) is 9.12. The molecule has 0 bridgehead atoms. The highest BCUT2D eigenvalue weighted by molar-refractivity contribution is 14.0. The van der Waals surface area contributed by atoms with Crippen LogP contribution in [0.1, 0.15) is 66.2 Å². The monoisotopic (exact) mass is 464 g/mol. The molecule has 0 heterocycles. The Morgan fingerprint density at radius 3 is 2.40 bits per heavy atom.